The average molecular weight is 242 g/mol. The summed E-state index contributed by atoms with van der Waals surface area (Å²) in [5, 5.41) is 9.71. The summed E-state index contributed by atoms with van der Waals surface area (Å²) in [6.07, 6.45) is 3.42. The summed E-state index contributed by atoms with van der Waals surface area (Å²) in [7, 11) is 4.14. The Hall–Kier alpha value is -0.450. The predicted octanol–water partition coefficient (Wildman–Crippen LogP) is 0.743. The lowest BCUT2D eigenvalue weighted by atomic mass is 10.1. The molecule has 0 aromatic heterocycles. The molecule has 1 rings (SSSR count). The first-order chi connectivity index (χ1) is 7.99. The van der Waals surface area contributed by atoms with Crippen molar-refractivity contribution in [3.8, 4) is 0 Å². The van der Waals surface area contributed by atoms with Crippen molar-refractivity contribution in [3.63, 3.8) is 0 Å². The fraction of sp³-hybridized carbons (Fsp3) is 0.923. The van der Waals surface area contributed by atoms with Gasteiger partial charge in [-0.1, -0.05) is 0 Å². The first kappa shape index (κ1) is 14.6. The lowest BCUT2D eigenvalue weighted by molar-refractivity contribution is -0.117. The number of unbranched alkanes of at least 4 members (excludes halogenated alkanes) is 1. The van der Waals surface area contributed by atoms with Gasteiger partial charge in [0.05, 0.1) is 6.10 Å². The van der Waals surface area contributed by atoms with Gasteiger partial charge in [-0.3, -0.25) is 4.90 Å². The van der Waals surface area contributed by atoms with Crippen LogP contribution in [0, 0.1) is 0 Å². The topological polar surface area (TPSA) is 43.8 Å². The lowest BCUT2D eigenvalue weighted by Gasteiger charge is -2.26. The third-order valence-electron chi connectivity index (χ3n) is 3.31. The zero-order valence-corrected chi connectivity index (χ0v) is 11.4. The standard InChI is InChI=1S/C13H26N2O2/c1-11(16)6-4-5-7-15-10-13(17)8-12(15)9-14(2)3/h12-13,17H,4-10H2,1-3H3. The molecule has 2 unspecified atom stereocenters. The Bertz CT molecular complexity index is 244. The molecule has 1 aliphatic rings. The van der Waals surface area contributed by atoms with Crippen molar-refractivity contribution < 1.29 is 9.90 Å². The van der Waals surface area contributed by atoms with Gasteiger partial charge in [0.2, 0.25) is 0 Å². The summed E-state index contributed by atoms with van der Waals surface area (Å²) in [6.45, 7) is 4.44. The molecule has 1 heterocycles. The van der Waals surface area contributed by atoms with Gasteiger partial charge in [0.25, 0.3) is 0 Å². The summed E-state index contributed by atoms with van der Waals surface area (Å²) < 4.78 is 0. The number of hydrogen-bond donors (Lipinski definition) is 1. The molecule has 0 aliphatic carbocycles. The van der Waals surface area contributed by atoms with E-state index in [0.717, 1.165) is 38.9 Å². The Labute approximate surface area is 105 Å². The Morgan fingerprint density at radius 2 is 2.12 bits per heavy atom. The molecule has 1 aliphatic heterocycles. The number of nitrogens with zero attached hydrogens (tertiary/aromatic N) is 2. The smallest absolute Gasteiger partial charge is 0.129 e. The van der Waals surface area contributed by atoms with Crippen molar-refractivity contribution in [1.82, 2.24) is 9.80 Å². The predicted molar refractivity (Wildman–Crippen MR) is 69.1 cm³/mol. The molecule has 0 aromatic rings. The molecule has 0 spiro atoms. The zero-order chi connectivity index (χ0) is 12.8. The number of rotatable bonds is 7. The SMILES string of the molecule is CC(=O)CCCCN1CC(O)CC1CN(C)C. The van der Waals surface area contributed by atoms with Crippen molar-refractivity contribution >= 4 is 5.78 Å². The van der Waals surface area contributed by atoms with E-state index in [-0.39, 0.29) is 11.9 Å². The van der Waals surface area contributed by atoms with Crippen LogP contribution in [-0.4, -0.2) is 66.6 Å². The summed E-state index contributed by atoms with van der Waals surface area (Å²) in [5.41, 5.74) is 0. The van der Waals surface area contributed by atoms with Gasteiger partial charge in [0.1, 0.15) is 5.78 Å². The first-order valence-corrected chi connectivity index (χ1v) is 6.55. The highest BCUT2D eigenvalue weighted by Crippen LogP contribution is 2.19. The highest BCUT2D eigenvalue weighted by molar-refractivity contribution is 5.75. The summed E-state index contributed by atoms with van der Waals surface area (Å²) >= 11 is 0. The van der Waals surface area contributed by atoms with Crippen LogP contribution in [0.25, 0.3) is 0 Å². The second-order valence-electron chi connectivity index (χ2n) is 5.46. The number of β-amino-alcohol motifs (C(OH)–C–C–N with tert-alkyl or cyclic N) is 1. The minimum Gasteiger partial charge on any atom is -0.392 e. The highest BCUT2D eigenvalue weighted by atomic mass is 16.3. The van der Waals surface area contributed by atoms with Crippen molar-refractivity contribution in [1.29, 1.82) is 0 Å². The maximum atomic E-state index is 10.8. The molecule has 0 amide bonds. The van der Waals surface area contributed by atoms with Crippen LogP contribution < -0.4 is 0 Å². The van der Waals surface area contributed by atoms with E-state index in [0.29, 0.717) is 12.5 Å². The van der Waals surface area contributed by atoms with Crippen LogP contribution in [0.2, 0.25) is 0 Å². The van der Waals surface area contributed by atoms with Crippen molar-refractivity contribution in [3.05, 3.63) is 0 Å². The van der Waals surface area contributed by atoms with Gasteiger partial charge in [-0.25, -0.2) is 0 Å². The molecular weight excluding hydrogens is 216 g/mol. The number of ketones is 1. The molecule has 100 valence electrons. The molecule has 2 atom stereocenters. The maximum Gasteiger partial charge on any atom is 0.129 e. The monoisotopic (exact) mass is 242 g/mol. The summed E-state index contributed by atoms with van der Waals surface area (Å²) in [4.78, 5) is 15.4. The van der Waals surface area contributed by atoms with Crippen molar-refractivity contribution in [2.45, 2.75) is 44.8 Å². The fourth-order valence-electron chi connectivity index (χ4n) is 2.53. The van der Waals surface area contributed by atoms with Gasteiger partial charge in [0.15, 0.2) is 0 Å². The van der Waals surface area contributed by atoms with Crippen LogP contribution >= 0.6 is 0 Å². The number of likely N-dealkylation sites (tertiary alicyclic amines) is 1. The molecule has 0 radical (unpaired) electrons. The summed E-state index contributed by atoms with van der Waals surface area (Å²) in [6, 6.07) is 0.470. The first-order valence-electron chi connectivity index (χ1n) is 6.55. The number of Topliss-reactive ketones (excluding diaryl/α,β-unsaturated/α-hetero) is 1. The molecule has 1 saturated heterocycles. The van der Waals surface area contributed by atoms with Crippen LogP contribution in [0.3, 0.4) is 0 Å². The molecule has 0 aromatic carbocycles. The molecule has 4 nitrogen and oxygen atoms in total. The lowest BCUT2D eigenvalue weighted by Crippen LogP contribution is -2.38. The summed E-state index contributed by atoms with van der Waals surface area (Å²) in [5.74, 6) is 0.274. The van der Waals surface area contributed by atoms with Gasteiger partial charge in [-0.15, -0.1) is 0 Å². The third-order valence-corrected chi connectivity index (χ3v) is 3.31. The quantitative estimate of drug-likeness (QED) is 0.669. The number of aliphatic hydroxyl groups is 1. The molecule has 1 N–H and O–H groups in total. The molecule has 4 heteroatoms. The molecule has 0 saturated carbocycles. The largest absolute Gasteiger partial charge is 0.392 e. The Kier molecular flexibility index (Phi) is 6.09. The molecule has 17 heavy (non-hydrogen) atoms. The van der Waals surface area contributed by atoms with Gasteiger partial charge < -0.3 is 14.8 Å². The number of likely N-dealkylation sites (N-methyl/N-ethyl adjacent to an activating group) is 1. The Morgan fingerprint density at radius 1 is 1.41 bits per heavy atom. The van der Waals surface area contributed by atoms with E-state index in [1.165, 1.54) is 0 Å². The molecule has 1 fully saturated rings. The van der Waals surface area contributed by atoms with E-state index in [4.69, 9.17) is 0 Å². The van der Waals surface area contributed by atoms with E-state index < -0.39 is 0 Å². The van der Waals surface area contributed by atoms with Crippen LogP contribution in [-0.2, 0) is 4.79 Å². The number of carbonyl (C=O) groups excluding carboxylic acids is 1. The number of hydrogen-bond acceptors (Lipinski definition) is 4. The number of aliphatic hydroxyl groups excluding tert-OH is 1. The van der Waals surface area contributed by atoms with E-state index in [9.17, 15) is 9.90 Å². The van der Waals surface area contributed by atoms with Gasteiger partial charge in [0, 0.05) is 25.6 Å². The van der Waals surface area contributed by atoms with Crippen LogP contribution in [0.1, 0.15) is 32.6 Å². The van der Waals surface area contributed by atoms with E-state index in [1.807, 2.05) is 0 Å². The van der Waals surface area contributed by atoms with Crippen molar-refractivity contribution in [2.24, 2.45) is 0 Å². The number of carbonyl (C=O) groups is 1. The molecular formula is C13H26N2O2. The van der Waals surface area contributed by atoms with Gasteiger partial charge >= 0.3 is 0 Å². The van der Waals surface area contributed by atoms with Crippen LogP contribution in [0.5, 0.6) is 0 Å². The second kappa shape index (κ2) is 7.09. The van der Waals surface area contributed by atoms with Gasteiger partial charge in [-0.05, 0) is 46.8 Å². The minimum atomic E-state index is -0.173. The third kappa shape index (κ3) is 5.61. The Balaban J connectivity index is 2.27. The Morgan fingerprint density at radius 3 is 2.71 bits per heavy atom. The van der Waals surface area contributed by atoms with E-state index >= 15 is 0 Å². The molecule has 0 bridgehead atoms. The average Bonchev–Trinajstić information content (AvgIpc) is 2.52. The van der Waals surface area contributed by atoms with Gasteiger partial charge in [-0.2, -0.15) is 0 Å². The van der Waals surface area contributed by atoms with Crippen LogP contribution in [0.15, 0.2) is 0 Å². The zero-order valence-electron chi connectivity index (χ0n) is 11.4. The highest BCUT2D eigenvalue weighted by Gasteiger charge is 2.30. The fourth-order valence-corrected chi connectivity index (χ4v) is 2.53. The maximum absolute atomic E-state index is 10.8. The second-order valence-corrected chi connectivity index (χ2v) is 5.46. The van der Waals surface area contributed by atoms with E-state index in [1.54, 1.807) is 6.92 Å². The van der Waals surface area contributed by atoms with Crippen LogP contribution in [0.4, 0.5) is 0 Å². The normalized spacial score (nSPS) is 25.7. The minimum absolute atomic E-state index is 0.173. The van der Waals surface area contributed by atoms with E-state index in [2.05, 4.69) is 23.9 Å². The van der Waals surface area contributed by atoms with Crippen molar-refractivity contribution in [2.75, 3.05) is 33.7 Å².